The maximum atomic E-state index is 12.4. The molecular formula is C16H20N6O5. The number of hydrogen-bond acceptors (Lipinski definition) is 7. The predicted molar refractivity (Wildman–Crippen MR) is 94.2 cm³/mol. The van der Waals surface area contributed by atoms with E-state index < -0.39 is 28.8 Å². The molecule has 0 saturated carbocycles. The summed E-state index contributed by atoms with van der Waals surface area (Å²) in [6.45, 7) is 0.934. The first-order valence-corrected chi connectivity index (χ1v) is 8.52. The van der Waals surface area contributed by atoms with Crippen LogP contribution in [0.2, 0.25) is 0 Å². The van der Waals surface area contributed by atoms with E-state index in [2.05, 4.69) is 10.6 Å². The van der Waals surface area contributed by atoms with Gasteiger partial charge in [0.1, 0.15) is 6.04 Å². The van der Waals surface area contributed by atoms with Crippen LogP contribution in [-0.2, 0) is 14.4 Å². The first-order valence-electron chi connectivity index (χ1n) is 8.52. The Morgan fingerprint density at radius 2 is 1.89 bits per heavy atom. The fourth-order valence-electron chi connectivity index (χ4n) is 3.19. The molecule has 3 rings (SSSR count). The van der Waals surface area contributed by atoms with Gasteiger partial charge in [0.05, 0.1) is 17.5 Å². The quantitative estimate of drug-likeness (QED) is 0.449. The molecule has 2 heterocycles. The van der Waals surface area contributed by atoms with Gasteiger partial charge in [-0.3, -0.25) is 29.5 Å². The van der Waals surface area contributed by atoms with Gasteiger partial charge < -0.3 is 16.4 Å². The number of carbonyl (C=O) groups excluding carboxylic acids is 3. The van der Waals surface area contributed by atoms with E-state index in [-0.39, 0.29) is 18.1 Å². The van der Waals surface area contributed by atoms with Gasteiger partial charge in [0, 0.05) is 30.9 Å². The number of nitro benzene ring substituents is 1. The molecule has 0 bridgehead atoms. The number of fused-ring (bicyclic) bond motifs is 1. The van der Waals surface area contributed by atoms with Crippen molar-refractivity contribution in [3.63, 3.8) is 0 Å². The Balaban J connectivity index is 1.52. The molecule has 2 aliphatic rings. The monoisotopic (exact) mass is 376 g/mol. The van der Waals surface area contributed by atoms with Crippen LogP contribution in [0.5, 0.6) is 0 Å². The zero-order valence-electron chi connectivity index (χ0n) is 14.5. The molecule has 0 aliphatic carbocycles. The first-order chi connectivity index (χ1) is 12.9. The summed E-state index contributed by atoms with van der Waals surface area (Å²) in [5.74, 6) is -1.18. The molecule has 0 aromatic heterocycles. The van der Waals surface area contributed by atoms with Crippen LogP contribution in [0.1, 0.15) is 12.8 Å². The fraction of sp³-hybridized carbons (Fsp3) is 0.438. The van der Waals surface area contributed by atoms with Crippen LogP contribution < -0.4 is 16.4 Å². The normalized spacial score (nSPS) is 22.3. The van der Waals surface area contributed by atoms with Crippen molar-refractivity contribution in [3.05, 3.63) is 34.4 Å². The Morgan fingerprint density at radius 3 is 2.56 bits per heavy atom. The van der Waals surface area contributed by atoms with E-state index in [0.717, 1.165) is 0 Å². The van der Waals surface area contributed by atoms with Gasteiger partial charge in [0.2, 0.25) is 11.8 Å². The van der Waals surface area contributed by atoms with Crippen LogP contribution in [0, 0.1) is 10.1 Å². The Morgan fingerprint density at radius 1 is 1.22 bits per heavy atom. The number of rotatable bonds is 5. The SMILES string of the molecule is NC1CCN2CCC(C(=O)NCC(=O)Nc3ccc([N+](=O)[O-])cc3)N2C1=O. The number of hydrazine groups is 1. The van der Waals surface area contributed by atoms with Gasteiger partial charge in [-0.1, -0.05) is 0 Å². The number of nitrogens with one attached hydrogen (secondary N) is 2. The van der Waals surface area contributed by atoms with Crippen molar-refractivity contribution in [1.82, 2.24) is 15.3 Å². The summed E-state index contributed by atoms with van der Waals surface area (Å²) >= 11 is 0. The van der Waals surface area contributed by atoms with Gasteiger partial charge in [0.15, 0.2) is 0 Å². The number of carbonyl (C=O) groups is 3. The van der Waals surface area contributed by atoms with Crippen molar-refractivity contribution in [2.24, 2.45) is 5.73 Å². The summed E-state index contributed by atoms with van der Waals surface area (Å²) in [7, 11) is 0. The average Bonchev–Trinajstić information content (AvgIpc) is 3.08. The molecule has 4 N–H and O–H groups in total. The van der Waals surface area contributed by atoms with Crippen LogP contribution in [0.4, 0.5) is 11.4 Å². The predicted octanol–water partition coefficient (Wildman–Crippen LogP) is -0.802. The van der Waals surface area contributed by atoms with Crippen LogP contribution in [0.3, 0.4) is 0 Å². The number of nitrogens with two attached hydrogens (primary N) is 1. The number of nitro groups is 1. The summed E-state index contributed by atoms with van der Waals surface area (Å²) in [6.07, 6.45) is 1.04. The molecule has 11 heteroatoms. The third kappa shape index (κ3) is 4.04. The van der Waals surface area contributed by atoms with Crippen molar-refractivity contribution in [2.45, 2.75) is 24.9 Å². The van der Waals surface area contributed by atoms with Crippen LogP contribution in [-0.4, -0.2) is 64.4 Å². The minimum Gasteiger partial charge on any atom is -0.345 e. The molecule has 0 spiro atoms. The summed E-state index contributed by atoms with van der Waals surface area (Å²) < 4.78 is 0. The standard InChI is InChI=1S/C16H20N6O5/c17-12-5-7-20-8-6-13(21(20)16(12)25)15(24)18-9-14(23)19-10-1-3-11(4-2-10)22(26)27/h1-4,12-13H,5-9,17H2,(H,18,24)(H,19,23). The smallest absolute Gasteiger partial charge is 0.269 e. The number of hydrogen-bond donors (Lipinski definition) is 3. The molecule has 2 atom stereocenters. The lowest BCUT2D eigenvalue weighted by Gasteiger charge is -2.37. The van der Waals surface area contributed by atoms with Gasteiger partial charge in [-0.05, 0) is 25.0 Å². The second-order valence-corrected chi connectivity index (χ2v) is 6.41. The molecule has 2 saturated heterocycles. The van der Waals surface area contributed by atoms with E-state index in [0.29, 0.717) is 31.6 Å². The highest BCUT2D eigenvalue weighted by Gasteiger charge is 2.44. The number of anilines is 1. The number of nitrogens with zero attached hydrogens (tertiary/aromatic N) is 3. The van der Waals surface area contributed by atoms with Gasteiger partial charge >= 0.3 is 0 Å². The minimum absolute atomic E-state index is 0.0866. The van der Waals surface area contributed by atoms with E-state index in [1.54, 1.807) is 0 Å². The van der Waals surface area contributed by atoms with E-state index in [4.69, 9.17) is 5.73 Å². The summed E-state index contributed by atoms with van der Waals surface area (Å²) in [5, 5.41) is 18.9. The molecule has 2 fully saturated rings. The molecule has 1 aromatic carbocycles. The van der Waals surface area contributed by atoms with E-state index in [1.165, 1.54) is 29.3 Å². The first kappa shape index (κ1) is 18.7. The highest BCUT2D eigenvalue weighted by molar-refractivity contribution is 5.96. The van der Waals surface area contributed by atoms with Crippen molar-refractivity contribution in [1.29, 1.82) is 0 Å². The lowest BCUT2D eigenvalue weighted by molar-refractivity contribution is -0.384. The average molecular weight is 376 g/mol. The summed E-state index contributed by atoms with van der Waals surface area (Å²) in [5.41, 5.74) is 6.07. The molecule has 1 aromatic rings. The zero-order valence-corrected chi connectivity index (χ0v) is 14.5. The fourth-order valence-corrected chi connectivity index (χ4v) is 3.19. The lowest BCUT2D eigenvalue weighted by Crippen LogP contribution is -2.60. The van der Waals surface area contributed by atoms with Gasteiger partial charge in [0.25, 0.3) is 11.6 Å². The maximum Gasteiger partial charge on any atom is 0.269 e. The van der Waals surface area contributed by atoms with Crippen LogP contribution in [0.15, 0.2) is 24.3 Å². The molecule has 144 valence electrons. The molecule has 11 nitrogen and oxygen atoms in total. The van der Waals surface area contributed by atoms with Crippen LogP contribution in [0.25, 0.3) is 0 Å². The summed E-state index contributed by atoms with van der Waals surface area (Å²) in [6, 6.07) is 4.07. The van der Waals surface area contributed by atoms with Crippen molar-refractivity contribution < 1.29 is 19.3 Å². The van der Waals surface area contributed by atoms with E-state index >= 15 is 0 Å². The third-order valence-electron chi connectivity index (χ3n) is 4.59. The summed E-state index contributed by atoms with van der Waals surface area (Å²) in [4.78, 5) is 46.7. The Labute approximate surface area is 154 Å². The van der Waals surface area contributed by atoms with Crippen LogP contribution >= 0.6 is 0 Å². The van der Waals surface area contributed by atoms with Gasteiger partial charge in [-0.2, -0.15) is 0 Å². The topological polar surface area (TPSA) is 151 Å². The lowest BCUT2D eigenvalue weighted by atomic mass is 10.1. The number of amides is 3. The second-order valence-electron chi connectivity index (χ2n) is 6.41. The largest absolute Gasteiger partial charge is 0.345 e. The number of non-ortho nitro benzene ring substituents is 1. The zero-order chi connectivity index (χ0) is 19.6. The van der Waals surface area contributed by atoms with Crippen molar-refractivity contribution in [2.75, 3.05) is 25.0 Å². The molecule has 27 heavy (non-hydrogen) atoms. The van der Waals surface area contributed by atoms with Crippen molar-refractivity contribution >= 4 is 29.1 Å². The Bertz CT molecular complexity index is 767. The van der Waals surface area contributed by atoms with E-state index in [9.17, 15) is 24.5 Å². The highest BCUT2D eigenvalue weighted by atomic mass is 16.6. The molecule has 3 amide bonds. The van der Waals surface area contributed by atoms with E-state index in [1.807, 2.05) is 5.01 Å². The molecular weight excluding hydrogens is 356 g/mol. The molecule has 2 aliphatic heterocycles. The van der Waals surface area contributed by atoms with Gasteiger partial charge in [-0.15, -0.1) is 0 Å². The Kier molecular flexibility index (Phi) is 5.33. The third-order valence-corrected chi connectivity index (χ3v) is 4.59. The maximum absolute atomic E-state index is 12.4. The second kappa shape index (κ2) is 7.68. The number of benzene rings is 1. The van der Waals surface area contributed by atoms with Gasteiger partial charge in [-0.25, -0.2) is 5.01 Å². The minimum atomic E-state index is -0.670. The van der Waals surface area contributed by atoms with Crippen molar-refractivity contribution in [3.8, 4) is 0 Å². The Hall–Kier alpha value is -3.05. The molecule has 2 unspecified atom stereocenters. The molecule has 0 radical (unpaired) electrons. The highest BCUT2D eigenvalue weighted by Crippen LogP contribution is 2.24.